The van der Waals surface area contributed by atoms with Gasteiger partial charge in [0.2, 0.25) is 0 Å². The van der Waals surface area contributed by atoms with Crippen molar-refractivity contribution in [1.29, 1.82) is 0 Å². The maximum absolute atomic E-state index is 8.94. The van der Waals surface area contributed by atoms with E-state index in [4.69, 9.17) is 5.11 Å². The fourth-order valence-electron chi connectivity index (χ4n) is 1.36. The summed E-state index contributed by atoms with van der Waals surface area (Å²) in [6.07, 6.45) is 1.02. The first kappa shape index (κ1) is 10.3. The molecule has 0 saturated heterocycles. The Bertz CT molecular complexity index is 254. The van der Waals surface area contributed by atoms with Gasteiger partial charge in [0.25, 0.3) is 0 Å². The molecule has 0 aliphatic rings. The molecule has 0 unspecified atom stereocenters. The summed E-state index contributed by atoms with van der Waals surface area (Å²) in [5.41, 5.74) is 3.48. The molecule has 0 fully saturated rings. The van der Waals surface area contributed by atoms with Crippen LogP contribution in [-0.2, 0) is 6.42 Å². The summed E-state index contributed by atoms with van der Waals surface area (Å²) in [6, 6.07) is 6.26. The quantitative estimate of drug-likeness (QED) is 0.751. The first-order valence-electron chi connectivity index (χ1n) is 4.78. The van der Waals surface area contributed by atoms with Crippen LogP contribution >= 0.6 is 0 Å². The summed E-state index contributed by atoms with van der Waals surface area (Å²) in [5, 5.41) is 8.94. The third-order valence-electron chi connectivity index (χ3n) is 2.26. The molecule has 1 aromatic rings. The van der Waals surface area contributed by atoms with E-state index in [-0.39, 0.29) is 0 Å². The molecule has 13 heavy (non-hydrogen) atoms. The second-order valence-corrected chi connectivity index (χ2v) is 3.65. The zero-order chi connectivity index (χ0) is 9.84. The largest absolute Gasteiger partial charge is 0.385 e. The summed E-state index contributed by atoms with van der Waals surface area (Å²) in [5.74, 6) is 0.519. The van der Waals surface area contributed by atoms with Crippen LogP contribution in [0.3, 0.4) is 0 Å². The van der Waals surface area contributed by atoms with Gasteiger partial charge in [-0.1, -0.05) is 39.0 Å². The van der Waals surface area contributed by atoms with Gasteiger partial charge in [0.1, 0.15) is 6.61 Å². The molecule has 0 bridgehead atoms. The summed E-state index contributed by atoms with van der Waals surface area (Å²) in [6.45, 7) is 7.62. The van der Waals surface area contributed by atoms with E-state index in [1.165, 1.54) is 17.7 Å². The predicted molar refractivity (Wildman–Crippen MR) is 55.2 cm³/mol. The van der Waals surface area contributed by atoms with Crippen LogP contribution in [0.4, 0.5) is 0 Å². The summed E-state index contributed by atoms with van der Waals surface area (Å²) < 4.78 is 0. The summed E-state index contributed by atoms with van der Waals surface area (Å²) in [4.78, 5) is 0. The second kappa shape index (κ2) is 4.43. The average molecular weight is 177 g/mol. The zero-order valence-corrected chi connectivity index (χ0v) is 8.54. The van der Waals surface area contributed by atoms with E-state index in [9.17, 15) is 0 Å². The van der Waals surface area contributed by atoms with Crippen molar-refractivity contribution in [2.24, 2.45) is 0 Å². The second-order valence-electron chi connectivity index (χ2n) is 3.65. The van der Waals surface area contributed by atoms with Crippen molar-refractivity contribution in [3.05, 3.63) is 41.5 Å². The monoisotopic (exact) mass is 177 g/mol. The van der Waals surface area contributed by atoms with Crippen LogP contribution in [-0.4, -0.2) is 5.11 Å². The molecule has 0 aliphatic heterocycles. The fourth-order valence-corrected chi connectivity index (χ4v) is 1.36. The van der Waals surface area contributed by atoms with Crippen molar-refractivity contribution in [2.75, 3.05) is 0 Å². The van der Waals surface area contributed by atoms with Gasteiger partial charge in [-0.25, -0.2) is 0 Å². The number of hydrogen-bond donors (Lipinski definition) is 1. The van der Waals surface area contributed by atoms with Crippen molar-refractivity contribution in [1.82, 2.24) is 0 Å². The molecule has 1 radical (unpaired) electrons. The molecule has 0 amide bonds. The lowest BCUT2D eigenvalue weighted by Gasteiger charge is -2.09. The Balaban J connectivity index is 3.07. The van der Waals surface area contributed by atoms with Gasteiger partial charge < -0.3 is 5.11 Å². The third-order valence-corrected chi connectivity index (χ3v) is 2.26. The van der Waals surface area contributed by atoms with Crippen LogP contribution in [0.5, 0.6) is 0 Å². The van der Waals surface area contributed by atoms with Gasteiger partial charge in [-0.15, -0.1) is 0 Å². The molecule has 0 atom stereocenters. The van der Waals surface area contributed by atoms with Gasteiger partial charge in [0.15, 0.2) is 0 Å². The number of benzene rings is 1. The van der Waals surface area contributed by atoms with Crippen molar-refractivity contribution in [3.63, 3.8) is 0 Å². The smallest absolute Gasteiger partial charge is 0.109 e. The first-order valence-corrected chi connectivity index (χ1v) is 4.78. The van der Waals surface area contributed by atoms with Gasteiger partial charge in [0.05, 0.1) is 0 Å². The van der Waals surface area contributed by atoms with Crippen molar-refractivity contribution >= 4 is 0 Å². The Morgan fingerprint density at radius 2 is 2.00 bits per heavy atom. The highest BCUT2D eigenvalue weighted by molar-refractivity contribution is 5.34. The highest BCUT2D eigenvalue weighted by Gasteiger charge is 2.02. The molecule has 1 aromatic carbocycles. The number of aliphatic hydroxyl groups excluding tert-OH is 1. The molecular weight excluding hydrogens is 160 g/mol. The van der Waals surface area contributed by atoms with Gasteiger partial charge >= 0.3 is 0 Å². The van der Waals surface area contributed by atoms with E-state index in [0.29, 0.717) is 5.92 Å². The minimum atomic E-state index is 0.519. The Kier molecular flexibility index (Phi) is 3.49. The fraction of sp³-hybridized carbons (Fsp3) is 0.417. The maximum atomic E-state index is 8.94. The standard InChI is InChI=1S/C12H17O/c1-4-10-5-11(8-13)7-12(6-10)9(2)3/h5-9,13H,4H2,1-3H3. The molecule has 0 spiro atoms. The third kappa shape index (κ3) is 2.56. The molecule has 1 N–H and O–H groups in total. The number of rotatable bonds is 3. The molecule has 1 nitrogen and oxygen atoms in total. The van der Waals surface area contributed by atoms with Crippen LogP contribution < -0.4 is 0 Å². The van der Waals surface area contributed by atoms with Crippen molar-refractivity contribution in [3.8, 4) is 0 Å². The van der Waals surface area contributed by atoms with Crippen molar-refractivity contribution < 1.29 is 5.11 Å². The molecule has 0 aromatic heterocycles. The maximum Gasteiger partial charge on any atom is 0.109 e. The first-order chi connectivity index (χ1) is 6.17. The summed E-state index contributed by atoms with van der Waals surface area (Å²) in [7, 11) is 0. The normalized spacial score (nSPS) is 10.8. The summed E-state index contributed by atoms with van der Waals surface area (Å²) >= 11 is 0. The van der Waals surface area contributed by atoms with Gasteiger partial charge in [0, 0.05) is 0 Å². The number of aryl methyl sites for hydroxylation is 1. The number of aliphatic hydroxyl groups is 1. The molecule has 1 heteroatoms. The Hall–Kier alpha value is -0.820. The van der Waals surface area contributed by atoms with Crippen LogP contribution in [0, 0.1) is 6.61 Å². The molecule has 0 saturated carbocycles. The minimum Gasteiger partial charge on any atom is -0.385 e. The lowest BCUT2D eigenvalue weighted by molar-refractivity contribution is 0.414. The minimum absolute atomic E-state index is 0.519. The molecule has 71 valence electrons. The average Bonchev–Trinajstić information content (AvgIpc) is 2.16. The lowest BCUT2D eigenvalue weighted by atomic mass is 9.97. The highest BCUT2D eigenvalue weighted by atomic mass is 16.3. The highest BCUT2D eigenvalue weighted by Crippen LogP contribution is 2.19. The Morgan fingerprint density at radius 3 is 2.46 bits per heavy atom. The van der Waals surface area contributed by atoms with E-state index < -0.39 is 0 Å². The molecular formula is C12H17O. The Labute approximate surface area is 80.4 Å². The van der Waals surface area contributed by atoms with Crippen LogP contribution in [0.1, 0.15) is 43.4 Å². The lowest BCUT2D eigenvalue weighted by Crippen LogP contribution is -1.93. The van der Waals surface area contributed by atoms with E-state index in [1.54, 1.807) is 0 Å². The topological polar surface area (TPSA) is 20.2 Å². The van der Waals surface area contributed by atoms with Gasteiger partial charge in [-0.3, -0.25) is 0 Å². The SMILES string of the molecule is CCc1cc([CH]O)cc(C(C)C)c1. The van der Waals surface area contributed by atoms with Gasteiger partial charge in [-0.05, 0) is 29.0 Å². The van der Waals surface area contributed by atoms with Crippen LogP contribution in [0.15, 0.2) is 18.2 Å². The number of hydrogen-bond acceptors (Lipinski definition) is 1. The van der Waals surface area contributed by atoms with E-state index in [1.807, 2.05) is 12.1 Å². The Morgan fingerprint density at radius 1 is 1.31 bits per heavy atom. The molecule has 0 heterocycles. The molecule has 1 rings (SSSR count). The zero-order valence-electron chi connectivity index (χ0n) is 8.54. The van der Waals surface area contributed by atoms with Gasteiger partial charge in [-0.2, -0.15) is 0 Å². The van der Waals surface area contributed by atoms with E-state index >= 15 is 0 Å². The molecule has 0 aliphatic carbocycles. The van der Waals surface area contributed by atoms with E-state index in [0.717, 1.165) is 12.0 Å². The van der Waals surface area contributed by atoms with Crippen molar-refractivity contribution in [2.45, 2.75) is 33.1 Å². The van der Waals surface area contributed by atoms with Crippen LogP contribution in [0.25, 0.3) is 0 Å². The van der Waals surface area contributed by atoms with Crippen LogP contribution in [0.2, 0.25) is 0 Å². The predicted octanol–water partition coefficient (Wildman–Crippen LogP) is 3.25. The van der Waals surface area contributed by atoms with E-state index in [2.05, 4.69) is 26.8 Å².